The summed E-state index contributed by atoms with van der Waals surface area (Å²) in [4.78, 5) is 34.9. The number of benzene rings is 1. The fourth-order valence-corrected chi connectivity index (χ4v) is 5.11. The second kappa shape index (κ2) is 11.7. The number of carbonyl (C=O) groups excluding carboxylic acids is 2. The Morgan fingerprint density at radius 3 is 2.42 bits per heavy atom. The molecule has 38 heavy (non-hydrogen) atoms. The van der Waals surface area contributed by atoms with E-state index in [4.69, 9.17) is 9.47 Å². The van der Waals surface area contributed by atoms with Crippen LogP contribution in [0.3, 0.4) is 0 Å². The Kier molecular flexibility index (Phi) is 8.62. The highest BCUT2D eigenvalue weighted by atomic mass is 16.6. The fourth-order valence-electron chi connectivity index (χ4n) is 5.11. The maximum absolute atomic E-state index is 12.4. The molecule has 0 bridgehead atoms. The van der Waals surface area contributed by atoms with Gasteiger partial charge in [0.1, 0.15) is 18.0 Å². The van der Waals surface area contributed by atoms with Crippen molar-refractivity contribution in [3.05, 3.63) is 46.8 Å². The van der Waals surface area contributed by atoms with E-state index in [0.29, 0.717) is 25.7 Å². The van der Waals surface area contributed by atoms with E-state index < -0.39 is 5.60 Å². The average Bonchev–Trinajstić information content (AvgIpc) is 2.89. The first-order valence-corrected chi connectivity index (χ1v) is 13.6. The number of rotatable bonds is 7. The molecule has 3 aliphatic rings. The molecule has 0 radical (unpaired) electrons. The number of hydrogen-bond donors (Lipinski definition) is 2. The Bertz CT molecular complexity index is 1060. The molecule has 2 N–H and O–H groups in total. The summed E-state index contributed by atoms with van der Waals surface area (Å²) in [6.07, 6.45) is 1.86. The maximum atomic E-state index is 12.4. The Morgan fingerprint density at radius 2 is 1.82 bits per heavy atom. The molecule has 1 fully saturated rings. The van der Waals surface area contributed by atoms with Crippen LogP contribution in [0.4, 0.5) is 9.59 Å². The summed E-state index contributed by atoms with van der Waals surface area (Å²) in [5, 5.41) is 6.85. The molecule has 3 atom stereocenters. The number of carbonyl (C=O) groups is 2. The lowest BCUT2D eigenvalue weighted by Crippen LogP contribution is -2.51. The van der Waals surface area contributed by atoms with E-state index in [9.17, 15) is 9.59 Å². The van der Waals surface area contributed by atoms with Gasteiger partial charge in [-0.15, -0.1) is 0 Å². The van der Waals surface area contributed by atoms with Crippen LogP contribution in [-0.2, 0) is 9.47 Å². The zero-order valence-electron chi connectivity index (χ0n) is 23.5. The summed E-state index contributed by atoms with van der Waals surface area (Å²) >= 11 is 0. The third-order valence-electron chi connectivity index (χ3n) is 7.14. The Labute approximate surface area is 226 Å². The van der Waals surface area contributed by atoms with Crippen LogP contribution < -0.4 is 10.6 Å². The molecule has 2 amide bonds. The minimum absolute atomic E-state index is 0.0453. The summed E-state index contributed by atoms with van der Waals surface area (Å²) in [6.45, 7) is 15.7. The van der Waals surface area contributed by atoms with Crippen LogP contribution in [0, 0.1) is 0 Å². The quantitative estimate of drug-likeness (QED) is 0.555. The van der Waals surface area contributed by atoms with E-state index in [1.807, 2.05) is 32.6 Å². The molecule has 4 rings (SSSR count). The molecule has 1 aromatic carbocycles. The Balaban J connectivity index is 1.33. The lowest BCUT2D eigenvalue weighted by molar-refractivity contribution is 0.00997. The minimum atomic E-state index is -0.479. The van der Waals surface area contributed by atoms with Crippen molar-refractivity contribution in [3.63, 3.8) is 0 Å². The van der Waals surface area contributed by atoms with Crippen LogP contribution in [0.1, 0.15) is 71.2 Å². The minimum Gasteiger partial charge on any atom is -0.444 e. The van der Waals surface area contributed by atoms with Gasteiger partial charge < -0.3 is 19.7 Å². The second-order valence-corrected chi connectivity index (χ2v) is 11.0. The SMILES string of the molecule is CCC(c1ccc([C@H](C)NC2N=CC3=C(N2)N(CC)C(=O)OC3)cc1)N1CCN(C(=O)OC(C)(C)C)CC1. The average molecular weight is 527 g/mol. The monoisotopic (exact) mass is 526 g/mol. The van der Waals surface area contributed by atoms with Crippen LogP contribution in [0.15, 0.2) is 40.7 Å². The summed E-state index contributed by atoms with van der Waals surface area (Å²) < 4.78 is 10.7. The number of nitrogens with zero attached hydrogens (tertiary/aromatic N) is 4. The van der Waals surface area contributed by atoms with Gasteiger partial charge in [0.05, 0.1) is 0 Å². The van der Waals surface area contributed by atoms with Crippen molar-refractivity contribution < 1.29 is 19.1 Å². The molecule has 0 aliphatic carbocycles. The lowest BCUT2D eigenvalue weighted by atomic mass is 9.98. The van der Waals surface area contributed by atoms with Gasteiger partial charge in [0.15, 0.2) is 6.29 Å². The van der Waals surface area contributed by atoms with Gasteiger partial charge in [-0.25, -0.2) is 9.59 Å². The van der Waals surface area contributed by atoms with Crippen molar-refractivity contribution in [2.75, 3.05) is 39.3 Å². The summed E-state index contributed by atoms with van der Waals surface area (Å²) in [6, 6.07) is 9.09. The van der Waals surface area contributed by atoms with Gasteiger partial charge in [0, 0.05) is 56.6 Å². The van der Waals surface area contributed by atoms with E-state index >= 15 is 0 Å². The van der Waals surface area contributed by atoms with Gasteiger partial charge in [0.25, 0.3) is 0 Å². The summed E-state index contributed by atoms with van der Waals surface area (Å²) in [5.41, 5.74) is 2.83. The predicted octanol–water partition coefficient (Wildman–Crippen LogP) is 3.98. The largest absolute Gasteiger partial charge is 0.444 e. The molecule has 2 unspecified atom stereocenters. The van der Waals surface area contributed by atoms with Gasteiger partial charge in [-0.1, -0.05) is 31.2 Å². The topological polar surface area (TPSA) is 98.7 Å². The van der Waals surface area contributed by atoms with Crippen molar-refractivity contribution in [2.45, 2.75) is 71.9 Å². The van der Waals surface area contributed by atoms with E-state index in [2.05, 4.69) is 58.6 Å². The number of hydrogen-bond acceptors (Lipinski definition) is 8. The Morgan fingerprint density at radius 1 is 1.16 bits per heavy atom. The zero-order valence-corrected chi connectivity index (χ0v) is 23.5. The molecule has 3 aliphatic heterocycles. The molecule has 208 valence electrons. The number of nitrogens with one attached hydrogen (secondary N) is 2. The second-order valence-electron chi connectivity index (χ2n) is 11.0. The third kappa shape index (κ3) is 6.47. The van der Waals surface area contributed by atoms with Crippen LogP contribution in [-0.4, -0.2) is 84.3 Å². The molecule has 1 saturated heterocycles. The number of amides is 2. The first kappa shape index (κ1) is 27.9. The molecule has 3 heterocycles. The smallest absolute Gasteiger partial charge is 0.415 e. The van der Waals surface area contributed by atoms with E-state index in [1.165, 1.54) is 5.56 Å². The summed E-state index contributed by atoms with van der Waals surface area (Å²) in [5.74, 6) is 0.761. The van der Waals surface area contributed by atoms with E-state index in [-0.39, 0.29) is 31.1 Å². The van der Waals surface area contributed by atoms with Gasteiger partial charge in [-0.2, -0.15) is 0 Å². The van der Waals surface area contributed by atoms with Crippen molar-refractivity contribution in [1.29, 1.82) is 0 Å². The molecular formula is C28H42N6O4. The van der Waals surface area contributed by atoms with Gasteiger partial charge >= 0.3 is 12.2 Å². The Hall–Kier alpha value is -3.11. The molecule has 0 spiro atoms. The molecule has 10 heteroatoms. The highest BCUT2D eigenvalue weighted by Crippen LogP contribution is 2.27. The van der Waals surface area contributed by atoms with Crippen molar-refractivity contribution in [2.24, 2.45) is 4.99 Å². The number of aliphatic imine (C=N–C) groups is 1. The lowest BCUT2D eigenvalue weighted by Gasteiger charge is -2.39. The van der Waals surface area contributed by atoms with Crippen molar-refractivity contribution >= 4 is 18.4 Å². The molecule has 1 aromatic rings. The van der Waals surface area contributed by atoms with Crippen LogP contribution in [0.2, 0.25) is 0 Å². The first-order chi connectivity index (χ1) is 18.1. The number of cyclic esters (lactones) is 1. The molecular weight excluding hydrogens is 484 g/mol. The first-order valence-electron chi connectivity index (χ1n) is 13.6. The number of piperazine rings is 1. The third-order valence-corrected chi connectivity index (χ3v) is 7.14. The fraction of sp³-hybridized carbons (Fsp3) is 0.607. The van der Waals surface area contributed by atoms with Crippen molar-refractivity contribution in [1.82, 2.24) is 25.3 Å². The van der Waals surface area contributed by atoms with E-state index in [1.54, 1.807) is 11.1 Å². The maximum Gasteiger partial charge on any atom is 0.415 e. The molecule has 0 aromatic heterocycles. The van der Waals surface area contributed by atoms with Crippen molar-refractivity contribution in [3.8, 4) is 0 Å². The highest BCUT2D eigenvalue weighted by molar-refractivity contribution is 5.85. The van der Waals surface area contributed by atoms with Gasteiger partial charge in [-0.3, -0.25) is 20.1 Å². The van der Waals surface area contributed by atoms with Crippen LogP contribution >= 0.6 is 0 Å². The van der Waals surface area contributed by atoms with Crippen LogP contribution in [0.5, 0.6) is 0 Å². The van der Waals surface area contributed by atoms with E-state index in [0.717, 1.165) is 36.5 Å². The van der Waals surface area contributed by atoms with Gasteiger partial charge in [-0.05, 0) is 52.2 Å². The predicted molar refractivity (Wildman–Crippen MR) is 147 cm³/mol. The standard InChI is InChI=1S/C28H42N6O4/c1-7-23(32-13-15-33(16-14-32)26(35)38-28(4,5)6)21-11-9-20(10-12-21)19(3)30-25-29-17-22-18-37-27(36)34(8-2)24(22)31-25/h9-12,17,19,23,25,30-31H,7-8,13-16,18H2,1-6H3/t19-,23?,25?/m0/s1. The summed E-state index contributed by atoms with van der Waals surface area (Å²) in [7, 11) is 0. The highest BCUT2D eigenvalue weighted by Gasteiger charge is 2.31. The zero-order chi connectivity index (χ0) is 27.4. The normalized spacial score (nSPS) is 21.9. The molecule has 10 nitrogen and oxygen atoms in total. The molecule has 0 saturated carbocycles. The van der Waals surface area contributed by atoms with Gasteiger partial charge in [0.2, 0.25) is 0 Å². The number of ether oxygens (including phenoxy) is 2. The van der Waals surface area contributed by atoms with Crippen LogP contribution in [0.25, 0.3) is 0 Å².